The van der Waals surface area contributed by atoms with Crippen molar-refractivity contribution in [3.63, 3.8) is 0 Å². The van der Waals surface area contributed by atoms with Crippen molar-refractivity contribution in [1.82, 2.24) is 10.3 Å². The molecule has 3 rings (SSSR count). The molecule has 1 aliphatic rings. The number of aromatic nitrogens is 1. The number of carbonyl (C=O) groups is 1. The lowest BCUT2D eigenvalue weighted by atomic mass is 10.1. The lowest BCUT2D eigenvalue weighted by Crippen LogP contribution is -2.26. The number of hydrogen-bond acceptors (Lipinski definition) is 3. The van der Waals surface area contributed by atoms with Crippen LogP contribution in [0.25, 0.3) is 10.8 Å². The van der Waals surface area contributed by atoms with Gasteiger partial charge in [0.2, 0.25) is 0 Å². The minimum absolute atomic E-state index is 0.185. The smallest absolute Gasteiger partial charge is 0.270 e. The third-order valence-corrected chi connectivity index (χ3v) is 3.35. The Labute approximate surface area is 109 Å². The molecule has 1 amide bonds. The highest BCUT2D eigenvalue weighted by Gasteiger charge is 2.25. The third kappa shape index (κ3) is 1.88. The molecule has 1 aliphatic carbocycles. The zero-order valence-corrected chi connectivity index (χ0v) is 10.4. The summed E-state index contributed by atoms with van der Waals surface area (Å²) in [7, 11) is 0. The summed E-state index contributed by atoms with van der Waals surface area (Å²) in [6.45, 7) is 0. The number of fused-ring (bicyclic) bond motifs is 1. The molecule has 3 N–H and O–H groups in total. The van der Waals surface area contributed by atoms with E-state index >= 15 is 0 Å². The van der Waals surface area contributed by atoms with Crippen LogP contribution in [0.1, 0.15) is 23.3 Å². The van der Waals surface area contributed by atoms with Gasteiger partial charge >= 0.3 is 0 Å². The molecule has 1 saturated carbocycles. The molecule has 0 aliphatic heterocycles. The van der Waals surface area contributed by atoms with E-state index in [0.29, 0.717) is 21.8 Å². The number of benzene rings is 1. The Balaban J connectivity index is 2.16. The minimum atomic E-state index is -0.185. The standard InChI is InChI=1S/C13H12ClN3O/c14-9-3-4-10(15)8-5-6-16-12(11(8)9)13(18)17-7-1-2-7/h3-7H,1-2,15H2,(H,17,18). The number of nitrogens with one attached hydrogen (secondary N) is 1. The van der Waals surface area contributed by atoms with Gasteiger partial charge in [-0.05, 0) is 31.0 Å². The molecule has 18 heavy (non-hydrogen) atoms. The van der Waals surface area contributed by atoms with Crippen LogP contribution in [0.4, 0.5) is 5.69 Å². The Morgan fingerprint density at radius 1 is 1.39 bits per heavy atom. The fraction of sp³-hybridized carbons (Fsp3) is 0.231. The van der Waals surface area contributed by atoms with Gasteiger partial charge in [0, 0.05) is 28.7 Å². The van der Waals surface area contributed by atoms with Gasteiger partial charge in [-0.1, -0.05) is 11.6 Å². The van der Waals surface area contributed by atoms with Crippen LogP contribution in [0, 0.1) is 0 Å². The average Bonchev–Trinajstić information content (AvgIpc) is 3.17. The summed E-state index contributed by atoms with van der Waals surface area (Å²) >= 11 is 6.15. The Morgan fingerprint density at radius 3 is 2.89 bits per heavy atom. The zero-order valence-electron chi connectivity index (χ0n) is 9.61. The summed E-state index contributed by atoms with van der Waals surface area (Å²) in [5, 5.41) is 4.79. The number of nitrogens with two attached hydrogens (primary N) is 1. The largest absolute Gasteiger partial charge is 0.398 e. The van der Waals surface area contributed by atoms with Crippen molar-refractivity contribution in [1.29, 1.82) is 0 Å². The molecule has 0 saturated heterocycles. The second-order valence-corrected chi connectivity index (χ2v) is 4.87. The quantitative estimate of drug-likeness (QED) is 0.816. The number of hydrogen-bond donors (Lipinski definition) is 2. The second-order valence-electron chi connectivity index (χ2n) is 4.47. The van der Waals surface area contributed by atoms with E-state index in [2.05, 4.69) is 10.3 Å². The number of halogens is 1. The molecule has 5 heteroatoms. The van der Waals surface area contributed by atoms with E-state index in [1.807, 2.05) is 0 Å². The molecule has 1 heterocycles. The van der Waals surface area contributed by atoms with Crippen LogP contribution < -0.4 is 11.1 Å². The maximum Gasteiger partial charge on any atom is 0.270 e. The Hall–Kier alpha value is -1.81. The van der Waals surface area contributed by atoms with Gasteiger partial charge < -0.3 is 11.1 Å². The first-order valence-corrected chi connectivity index (χ1v) is 6.18. The van der Waals surface area contributed by atoms with Crippen LogP contribution in [-0.4, -0.2) is 16.9 Å². The van der Waals surface area contributed by atoms with Gasteiger partial charge in [-0.25, -0.2) is 0 Å². The van der Waals surface area contributed by atoms with E-state index in [0.717, 1.165) is 18.2 Å². The summed E-state index contributed by atoms with van der Waals surface area (Å²) in [4.78, 5) is 16.2. The van der Waals surface area contributed by atoms with Crippen molar-refractivity contribution in [2.75, 3.05) is 5.73 Å². The van der Waals surface area contributed by atoms with Crippen LogP contribution in [0.15, 0.2) is 24.4 Å². The third-order valence-electron chi connectivity index (χ3n) is 3.04. The molecule has 4 nitrogen and oxygen atoms in total. The van der Waals surface area contributed by atoms with Gasteiger partial charge in [-0.2, -0.15) is 0 Å². The molecular weight excluding hydrogens is 250 g/mol. The number of nitrogen functional groups attached to an aromatic ring is 1. The van der Waals surface area contributed by atoms with Gasteiger partial charge in [0.15, 0.2) is 0 Å². The first-order valence-electron chi connectivity index (χ1n) is 5.80. The number of nitrogens with zero attached hydrogens (tertiary/aromatic N) is 1. The molecule has 0 spiro atoms. The van der Waals surface area contributed by atoms with Crippen molar-refractivity contribution in [2.45, 2.75) is 18.9 Å². The molecular formula is C13H12ClN3O. The van der Waals surface area contributed by atoms with E-state index in [1.54, 1.807) is 24.4 Å². The van der Waals surface area contributed by atoms with Crippen LogP contribution in [0.3, 0.4) is 0 Å². The number of pyridine rings is 1. The van der Waals surface area contributed by atoms with Crippen LogP contribution in [-0.2, 0) is 0 Å². The Kier molecular flexibility index (Phi) is 2.59. The van der Waals surface area contributed by atoms with Crippen molar-refractivity contribution in [2.24, 2.45) is 0 Å². The van der Waals surface area contributed by atoms with Crippen molar-refractivity contribution in [3.8, 4) is 0 Å². The monoisotopic (exact) mass is 261 g/mol. The van der Waals surface area contributed by atoms with Crippen molar-refractivity contribution in [3.05, 3.63) is 35.1 Å². The first-order chi connectivity index (χ1) is 8.66. The molecule has 0 radical (unpaired) electrons. The summed E-state index contributed by atoms with van der Waals surface area (Å²) in [6, 6.07) is 5.47. The van der Waals surface area contributed by atoms with Crippen LogP contribution >= 0.6 is 11.6 Å². The van der Waals surface area contributed by atoms with Crippen molar-refractivity contribution >= 4 is 34.0 Å². The number of rotatable bonds is 2. The Morgan fingerprint density at radius 2 is 2.17 bits per heavy atom. The predicted molar refractivity (Wildman–Crippen MR) is 71.7 cm³/mol. The molecule has 0 atom stereocenters. The molecule has 1 aromatic heterocycles. The fourth-order valence-electron chi connectivity index (χ4n) is 1.93. The molecule has 2 aromatic rings. The summed E-state index contributed by atoms with van der Waals surface area (Å²) in [5.74, 6) is -0.185. The molecule has 1 aromatic carbocycles. The zero-order chi connectivity index (χ0) is 12.7. The normalized spacial score (nSPS) is 14.7. The highest BCUT2D eigenvalue weighted by atomic mass is 35.5. The maximum atomic E-state index is 12.1. The fourth-order valence-corrected chi connectivity index (χ4v) is 2.19. The van der Waals surface area contributed by atoms with E-state index in [1.165, 1.54) is 0 Å². The van der Waals surface area contributed by atoms with Gasteiger partial charge in [0.1, 0.15) is 5.69 Å². The average molecular weight is 262 g/mol. The van der Waals surface area contributed by atoms with Gasteiger partial charge in [-0.15, -0.1) is 0 Å². The maximum absolute atomic E-state index is 12.1. The Bertz CT molecular complexity index is 637. The van der Waals surface area contributed by atoms with Gasteiger partial charge in [0.25, 0.3) is 5.91 Å². The predicted octanol–water partition coefficient (Wildman–Crippen LogP) is 2.36. The van der Waals surface area contributed by atoms with Crippen LogP contribution in [0.2, 0.25) is 5.02 Å². The summed E-state index contributed by atoms with van der Waals surface area (Å²) in [5.41, 5.74) is 6.83. The topological polar surface area (TPSA) is 68.0 Å². The number of anilines is 1. The van der Waals surface area contributed by atoms with Gasteiger partial charge in [-0.3, -0.25) is 9.78 Å². The van der Waals surface area contributed by atoms with Crippen molar-refractivity contribution < 1.29 is 4.79 Å². The summed E-state index contributed by atoms with van der Waals surface area (Å²) in [6.07, 6.45) is 3.65. The minimum Gasteiger partial charge on any atom is -0.398 e. The summed E-state index contributed by atoms with van der Waals surface area (Å²) < 4.78 is 0. The van der Waals surface area contributed by atoms with E-state index < -0.39 is 0 Å². The second kappa shape index (κ2) is 4.14. The first kappa shape index (κ1) is 11.3. The van der Waals surface area contributed by atoms with Crippen LogP contribution in [0.5, 0.6) is 0 Å². The molecule has 1 fully saturated rings. The highest BCUT2D eigenvalue weighted by molar-refractivity contribution is 6.37. The van der Waals surface area contributed by atoms with E-state index in [4.69, 9.17) is 17.3 Å². The van der Waals surface area contributed by atoms with E-state index in [9.17, 15) is 4.79 Å². The SMILES string of the molecule is Nc1ccc(Cl)c2c(C(=O)NC3CC3)nccc12. The lowest BCUT2D eigenvalue weighted by molar-refractivity contribution is 0.0948. The molecule has 0 bridgehead atoms. The highest BCUT2D eigenvalue weighted by Crippen LogP contribution is 2.30. The lowest BCUT2D eigenvalue weighted by Gasteiger charge is -2.09. The molecule has 92 valence electrons. The van der Waals surface area contributed by atoms with Gasteiger partial charge in [0.05, 0.1) is 5.02 Å². The number of amides is 1. The van der Waals surface area contributed by atoms with E-state index in [-0.39, 0.29) is 11.9 Å². The molecule has 0 unspecified atom stereocenters. The number of carbonyl (C=O) groups excluding carboxylic acids is 1.